The number of nitrogens with one attached hydrogen (secondary N) is 2. The van der Waals surface area contributed by atoms with Crippen LogP contribution in [0.5, 0.6) is 17.2 Å². The molecule has 37 heavy (non-hydrogen) atoms. The third kappa shape index (κ3) is 6.83. The molecule has 3 N–H and O–H groups in total. The molecule has 11 nitrogen and oxygen atoms in total. The number of hydrogen-bond donors (Lipinski definition) is 3. The summed E-state index contributed by atoms with van der Waals surface area (Å²) < 4.78 is 10.6. The van der Waals surface area contributed by atoms with E-state index in [1.165, 1.54) is 26.4 Å². The van der Waals surface area contributed by atoms with Gasteiger partial charge in [0.2, 0.25) is 5.75 Å². The number of phenols is 1. The molecule has 0 saturated carbocycles. The molecule has 3 aromatic carbocycles. The number of amides is 2. The average molecular weight is 525 g/mol. The minimum Gasteiger partial charge on any atom is -0.502 e. The van der Waals surface area contributed by atoms with Crippen LogP contribution in [0, 0.1) is 10.1 Å². The van der Waals surface area contributed by atoms with Crippen molar-refractivity contribution in [2.75, 3.05) is 14.2 Å². The maximum Gasteiger partial charge on any atom is 0.312 e. The number of hydrogen-bond acceptors (Lipinski definition) is 8. The van der Waals surface area contributed by atoms with E-state index in [0.717, 1.165) is 12.3 Å². The first kappa shape index (κ1) is 26.7. The van der Waals surface area contributed by atoms with E-state index < -0.39 is 28.2 Å². The van der Waals surface area contributed by atoms with Crippen molar-refractivity contribution in [2.45, 2.75) is 0 Å². The van der Waals surface area contributed by atoms with Crippen molar-refractivity contribution < 1.29 is 29.1 Å². The van der Waals surface area contributed by atoms with Crippen LogP contribution in [0.3, 0.4) is 0 Å². The fraction of sp³-hybridized carbons (Fsp3) is 0.0800. The van der Waals surface area contributed by atoms with Crippen molar-refractivity contribution in [1.29, 1.82) is 0 Å². The summed E-state index contributed by atoms with van der Waals surface area (Å²) >= 11 is 5.87. The van der Waals surface area contributed by atoms with Gasteiger partial charge in [0.05, 0.1) is 25.4 Å². The Kier molecular flexibility index (Phi) is 8.79. The third-order valence-electron chi connectivity index (χ3n) is 4.92. The summed E-state index contributed by atoms with van der Waals surface area (Å²) in [6.45, 7) is 0. The fourth-order valence-corrected chi connectivity index (χ4v) is 3.33. The van der Waals surface area contributed by atoms with Crippen molar-refractivity contribution in [2.24, 2.45) is 5.10 Å². The quantitative estimate of drug-likeness (QED) is 0.166. The molecule has 3 aromatic rings. The molecule has 0 aliphatic heterocycles. The lowest BCUT2D eigenvalue weighted by molar-refractivity contribution is -0.385. The van der Waals surface area contributed by atoms with Crippen LogP contribution in [0.4, 0.5) is 5.69 Å². The highest BCUT2D eigenvalue weighted by atomic mass is 35.5. The number of methoxy groups -OCH3 is 2. The van der Waals surface area contributed by atoms with E-state index in [-0.39, 0.29) is 16.3 Å². The second-order valence-corrected chi connectivity index (χ2v) is 7.74. The molecule has 0 spiro atoms. The predicted molar refractivity (Wildman–Crippen MR) is 137 cm³/mol. The molecule has 0 fully saturated rings. The van der Waals surface area contributed by atoms with Gasteiger partial charge in [0, 0.05) is 27.8 Å². The molecule has 0 aliphatic rings. The number of phenolic OH excluding ortho intramolecular Hbond substituents is 1. The summed E-state index contributed by atoms with van der Waals surface area (Å²) in [7, 11) is 2.92. The lowest BCUT2D eigenvalue weighted by Crippen LogP contribution is -2.32. The third-order valence-corrected chi connectivity index (χ3v) is 5.13. The maximum atomic E-state index is 13.0. The van der Waals surface area contributed by atoms with Gasteiger partial charge in [-0.05, 0) is 42.5 Å². The molecule has 0 atom stereocenters. The minimum atomic E-state index is -0.832. The second-order valence-electron chi connectivity index (χ2n) is 7.31. The van der Waals surface area contributed by atoms with Crippen LogP contribution in [0.15, 0.2) is 71.5 Å². The standard InChI is InChI=1S/C25H21ClN4O7/c1-36-19-8-9-22(37-2)16(11-19)12-20(28-24(32)15-6-4-3-5-7-15)25(33)29-27-14-17-10-18(26)13-21(23(17)31)30(34)35/h3-14,31H,1-2H3,(H,28,32)(H,29,33). The number of nitrogens with zero attached hydrogens (tertiary/aromatic N) is 2. The van der Waals surface area contributed by atoms with Gasteiger partial charge in [-0.3, -0.25) is 19.7 Å². The van der Waals surface area contributed by atoms with Gasteiger partial charge < -0.3 is 19.9 Å². The maximum absolute atomic E-state index is 13.0. The van der Waals surface area contributed by atoms with Crippen molar-refractivity contribution in [3.8, 4) is 17.2 Å². The van der Waals surface area contributed by atoms with Gasteiger partial charge in [-0.1, -0.05) is 29.8 Å². The number of aromatic hydroxyl groups is 1. The first-order chi connectivity index (χ1) is 17.7. The molecule has 0 aliphatic carbocycles. The van der Waals surface area contributed by atoms with Crippen molar-refractivity contribution in [1.82, 2.24) is 10.7 Å². The molecular weight excluding hydrogens is 504 g/mol. The van der Waals surface area contributed by atoms with Gasteiger partial charge in [0.1, 0.15) is 17.2 Å². The van der Waals surface area contributed by atoms with Crippen LogP contribution in [0.2, 0.25) is 5.02 Å². The van der Waals surface area contributed by atoms with Crippen LogP contribution in [0.1, 0.15) is 21.5 Å². The highest BCUT2D eigenvalue weighted by molar-refractivity contribution is 6.31. The lowest BCUT2D eigenvalue weighted by atomic mass is 10.1. The van der Waals surface area contributed by atoms with E-state index in [0.29, 0.717) is 22.6 Å². The fourth-order valence-electron chi connectivity index (χ4n) is 3.11. The van der Waals surface area contributed by atoms with Gasteiger partial charge in [0.15, 0.2) is 0 Å². The Labute approximate surface area is 216 Å². The SMILES string of the molecule is COc1ccc(OC)c(C=C(NC(=O)c2ccccc2)C(=O)NN=Cc2cc(Cl)cc([N+](=O)[O-])c2O)c1. The Hall–Kier alpha value is -4.90. The van der Waals surface area contributed by atoms with Gasteiger partial charge >= 0.3 is 5.69 Å². The smallest absolute Gasteiger partial charge is 0.312 e. The van der Waals surface area contributed by atoms with E-state index in [4.69, 9.17) is 21.1 Å². The highest BCUT2D eigenvalue weighted by Crippen LogP contribution is 2.32. The van der Waals surface area contributed by atoms with Crippen molar-refractivity contribution >= 4 is 41.4 Å². The topological polar surface area (TPSA) is 152 Å². The minimum absolute atomic E-state index is 0.0156. The van der Waals surface area contributed by atoms with Crippen LogP contribution in [-0.2, 0) is 4.79 Å². The van der Waals surface area contributed by atoms with Gasteiger partial charge in [-0.15, -0.1) is 0 Å². The van der Waals surface area contributed by atoms with E-state index in [9.17, 15) is 24.8 Å². The number of halogens is 1. The number of benzene rings is 3. The average Bonchev–Trinajstić information content (AvgIpc) is 2.90. The number of carbonyl (C=O) groups is 2. The van der Waals surface area contributed by atoms with E-state index in [2.05, 4.69) is 15.8 Å². The zero-order valence-corrected chi connectivity index (χ0v) is 20.4. The van der Waals surface area contributed by atoms with Gasteiger partial charge in [0.25, 0.3) is 11.8 Å². The number of rotatable bonds is 9. The molecule has 0 unspecified atom stereocenters. The zero-order chi connectivity index (χ0) is 26.9. The summed E-state index contributed by atoms with van der Waals surface area (Å²) in [5.41, 5.74) is 2.03. The summed E-state index contributed by atoms with van der Waals surface area (Å²) in [6.07, 6.45) is 2.35. The largest absolute Gasteiger partial charge is 0.502 e. The van der Waals surface area contributed by atoms with Crippen LogP contribution < -0.4 is 20.2 Å². The predicted octanol–water partition coefficient (Wildman–Crippen LogP) is 3.89. The summed E-state index contributed by atoms with van der Waals surface area (Å²) in [5.74, 6) is -1.18. The second kappa shape index (κ2) is 12.2. The number of nitro benzene ring substituents is 1. The molecule has 0 bridgehead atoms. The molecule has 3 rings (SSSR count). The Bertz CT molecular complexity index is 1390. The first-order valence-corrected chi connectivity index (χ1v) is 10.9. The molecule has 0 saturated heterocycles. The van der Waals surface area contributed by atoms with Crippen molar-refractivity contribution in [3.63, 3.8) is 0 Å². The van der Waals surface area contributed by atoms with E-state index in [1.54, 1.807) is 48.5 Å². The zero-order valence-electron chi connectivity index (χ0n) is 19.6. The Morgan fingerprint density at radius 2 is 1.78 bits per heavy atom. The Morgan fingerprint density at radius 3 is 2.43 bits per heavy atom. The molecule has 2 amide bonds. The first-order valence-electron chi connectivity index (χ1n) is 10.5. The van der Waals surface area contributed by atoms with Crippen molar-refractivity contribution in [3.05, 3.63) is 98.2 Å². The molecular formula is C25H21ClN4O7. The number of hydrazone groups is 1. The summed E-state index contributed by atoms with van der Waals surface area (Å²) in [5, 5.41) is 27.5. The monoisotopic (exact) mass is 524 g/mol. The number of carbonyl (C=O) groups excluding carboxylic acids is 2. The molecule has 190 valence electrons. The van der Waals surface area contributed by atoms with Gasteiger partial charge in [-0.25, -0.2) is 5.43 Å². The molecule has 0 heterocycles. The van der Waals surface area contributed by atoms with E-state index >= 15 is 0 Å². The molecule has 0 radical (unpaired) electrons. The van der Waals surface area contributed by atoms with Gasteiger partial charge in [-0.2, -0.15) is 5.10 Å². The number of ether oxygens (including phenoxy) is 2. The highest BCUT2D eigenvalue weighted by Gasteiger charge is 2.19. The molecule has 12 heteroatoms. The van der Waals surface area contributed by atoms with Crippen LogP contribution in [-0.4, -0.2) is 42.3 Å². The van der Waals surface area contributed by atoms with Crippen LogP contribution in [0.25, 0.3) is 6.08 Å². The summed E-state index contributed by atoms with van der Waals surface area (Å²) in [4.78, 5) is 36.1. The summed E-state index contributed by atoms with van der Waals surface area (Å²) in [6, 6.07) is 15.3. The van der Waals surface area contributed by atoms with Crippen LogP contribution >= 0.6 is 11.6 Å². The Morgan fingerprint density at radius 1 is 1.05 bits per heavy atom. The Balaban J connectivity index is 1.94. The molecule has 0 aromatic heterocycles. The lowest BCUT2D eigenvalue weighted by Gasteiger charge is -2.12. The van der Waals surface area contributed by atoms with E-state index in [1.807, 2.05) is 0 Å². The number of nitro groups is 1. The normalized spacial score (nSPS) is 11.2.